The van der Waals surface area contributed by atoms with Crippen molar-refractivity contribution in [1.82, 2.24) is 5.32 Å². The van der Waals surface area contributed by atoms with Crippen molar-refractivity contribution in [3.63, 3.8) is 0 Å². The first-order valence-corrected chi connectivity index (χ1v) is 4.62. The molecule has 0 atom stereocenters. The van der Waals surface area contributed by atoms with Crippen molar-refractivity contribution < 1.29 is 4.79 Å². The molecule has 0 aromatic rings. The lowest BCUT2D eigenvalue weighted by Crippen LogP contribution is -2.37. The van der Waals surface area contributed by atoms with E-state index in [2.05, 4.69) is 37.9 Å². The van der Waals surface area contributed by atoms with E-state index in [0.29, 0.717) is 12.8 Å². The van der Waals surface area contributed by atoms with Crippen molar-refractivity contribution in [2.24, 2.45) is 0 Å². The van der Waals surface area contributed by atoms with Crippen LogP contribution < -0.4 is 5.32 Å². The van der Waals surface area contributed by atoms with Gasteiger partial charge in [-0.05, 0) is 27.7 Å². The van der Waals surface area contributed by atoms with Gasteiger partial charge in [0, 0.05) is 18.5 Å². The van der Waals surface area contributed by atoms with E-state index in [-0.39, 0.29) is 11.3 Å². The van der Waals surface area contributed by atoms with E-state index in [1.807, 2.05) is 0 Å². The van der Waals surface area contributed by atoms with Crippen LogP contribution in [0.1, 0.15) is 40.5 Å². The molecular formula is C11H19NO. The predicted molar refractivity (Wildman–Crippen MR) is 55.4 cm³/mol. The summed E-state index contributed by atoms with van der Waals surface area (Å²) in [4.78, 5) is 11.1. The van der Waals surface area contributed by atoms with Gasteiger partial charge in [0.1, 0.15) is 5.78 Å². The van der Waals surface area contributed by atoms with Crippen molar-refractivity contribution in [2.45, 2.75) is 46.1 Å². The number of ketones is 1. The Bertz CT molecular complexity index is 214. The zero-order chi connectivity index (χ0) is 10.3. The fourth-order valence-corrected chi connectivity index (χ4v) is 0.852. The molecule has 0 saturated heterocycles. The molecule has 0 heterocycles. The van der Waals surface area contributed by atoms with Gasteiger partial charge in [0.15, 0.2) is 0 Å². The third kappa shape index (κ3) is 9.10. The molecular weight excluding hydrogens is 162 g/mol. The number of Topliss-reactive ketones (excluding diaryl/α,β-unsaturated/α-hetero) is 1. The summed E-state index contributed by atoms with van der Waals surface area (Å²) in [7, 11) is 0. The maximum Gasteiger partial charge on any atom is 0.146 e. The summed E-state index contributed by atoms with van der Waals surface area (Å²) in [6.07, 6.45) is 0.967. The second kappa shape index (κ2) is 5.77. The van der Waals surface area contributed by atoms with Crippen LogP contribution in [-0.4, -0.2) is 17.9 Å². The summed E-state index contributed by atoms with van der Waals surface area (Å²) in [6, 6.07) is 0. The largest absolute Gasteiger partial charge is 0.312 e. The molecule has 0 aromatic heterocycles. The summed E-state index contributed by atoms with van der Waals surface area (Å²) in [5.74, 6) is 5.70. The van der Waals surface area contributed by atoms with E-state index in [4.69, 9.17) is 0 Å². The molecule has 0 fully saturated rings. The number of rotatable bonds is 4. The van der Waals surface area contributed by atoms with E-state index < -0.39 is 0 Å². The second-order valence-electron chi connectivity index (χ2n) is 4.07. The van der Waals surface area contributed by atoms with Gasteiger partial charge >= 0.3 is 0 Å². The van der Waals surface area contributed by atoms with Crippen LogP contribution in [-0.2, 0) is 4.79 Å². The quantitative estimate of drug-likeness (QED) is 0.669. The third-order valence-electron chi connectivity index (χ3n) is 1.52. The number of hydrogen-bond acceptors (Lipinski definition) is 2. The molecule has 1 N–H and O–H groups in total. The molecule has 2 nitrogen and oxygen atoms in total. The molecule has 0 rings (SSSR count). The Morgan fingerprint density at radius 1 is 1.38 bits per heavy atom. The van der Waals surface area contributed by atoms with Gasteiger partial charge in [0.2, 0.25) is 0 Å². The lowest BCUT2D eigenvalue weighted by atomic mass is 10.1. The lowest BCUT2D eigenvalue weighted by Gasteiger charge is -2.19. The molecule has 0 amide bonds. The Balaban J connectivity index is 3.52. The summed E-state index contributed by atoms with van der Waals surface area (Å²) >= 11 is 0. The zero-order valence-electron chi connectivity index (χ0n) is 9.03. The first-order chi connectivity index (χ1) is 5.95. The fourth-order valence-electron chi connectivity index (χ4n) is 0.852. The highest BCUT2D eigenvalue weighted by Crippen LogP contribution is 1.98. The van der Waals surface area contributed by atoms with Crippen molar-refractivity contribution in [2.75, 3.05) is 6.54 Å². The van der Waals surface area contributed by atoms with Gasteiger partial charge in [-0.2, -0.15) is 0 Å². The van der Waals surface area contributed by atoms with Crippen LogP contribution >= 0.6 is 0 Å². The summed E-state index contributed by atoms with van der Waals surface area (Å²) in [5, 5.41) is 3.26. The summed E-state index contributed by atoms with van der Waals surface area (Å²) in [5.41, 5.74) is 0.0940. The van der Waals surface area contributed by atoms with Crippen molar-refractivity contribution in [3.8, 4) is 11.8 Å². The van der Waals surface area contributed by atoms with Crippen molar-refractivity contribution in [3.05, 3.63) is 0 Å². The highest BCUT2D eigenvalue weighted by Gasteiger charge is 2.08. The number of nitrogens with one attached hydrogen (secondary N) is 1. The first kappa shape index (κ1) is 12.2. The molecule has 0 aliphatic heterocycles. The topological polar surface area (TPSA) is 29.1 Å². The third-order valence-corrected chi connectivity index (χ3v) is 1.52. The normalized spacial score (nSPS) is 10.5. The molecule has 74 valence electrons. The van der Waals surface area contributed by atoms with E-state index in [1.165, 1.54) is 0 Å². The van der Waals surface area contributed by atoms with Gasteiger partial charge < -0.3 is 5.32 Å². The smallest absolute Gasteiger partial charge is 0.146 e. The molecule has 0 aliphatic rings. The molecule has 0 aliphatic carbocycles. The van der Waals surface area contributed by atoms with Crippen molar-refractivity contribution in [1.29, 1.82) is 0 Å². The monoisotopic (exact) mass is 181 g/mol. The Morgan fingerprint density at radius 3 is 2.46 bits per heavy atom. The molecule has 0 bridgehead atoms. The Morgan fingerprint density at radius 2 is 2.00 bits per heavy atom. The van der Waals surface area contributed by atoms with Crippen LogP contribution in [0, 0.1) is 11.8 Å². The van der Waals surface area contributed by atoms with Gasteiger partial charge in [-0.25, -0.2) is 0 Å². The average Bonchev–Trinajstić information content (AvgIpc) is 1.98. The molecule has 0 radical (unpaired) electrons. The maximum absolute atomic E-state index is 11.1. The molecule has 0 aromatic carbocycles. The molecule has 0 spiro atoms. The van der Waals surface area contributed by atoms with Gasteiger partial charge in [-0.3, -0.25) is 4.79 Å². The highest BCUT2D eigenvalue weighted by molar-refractivity contribution is 5.80. The second-order valence-corrected chi connectivity index (χ2v) is 4.07. The Hall–Kier alpha value is -0.810. The summed E-state index contributed by atoms with van der Waals surface area (Å²) in [6.45, 7) is 8.75. The van der Waals surface area contributed by atoms with Crippen LogP contribution in [0.2, 0.25) is 0 Å². The van der Waals surface area contributed by atoms with Gasteiger partial charge in [-0.1, -0.05) is 5.92 Å². The first-order valence-electron chi connectivity index (χ1n) is 4.62. The van der Waals surface area contributed by atoms with E-state index in [0.717, 1.165) is 6.54 Å². The van der Waals surface area contributed by atoms with E-state index in [1.54, 1.807) is 6.92 Å². The van der Waals surface area contributed by atoms with Gasteiger partial charge in [0.05, 0.1) is 6.42 Å². The Labute approximate surface area is 81.1 Å². The number of hydrogen-bond donors (Lipinski definition) is 1. The number of carbonyl (C=O) groups is 1. The lowest BCUT2D eigenvalue weighted by molar-refractivity contribution is -0.118. The summed E-state index contributed by atoms with van der Waals surface area (Å²) < 4.78 is 0. The molecule has 0 saturated carbocycles. The van der Waals surface area contributed by atoms with Crippen LogP contribution in [0.5, 0.6) is 0 Å². The van der Waals surface area contributed by atoms with E-state index in [9.17, 15) is 4.79 Å². The minimum atomic E-state index is 0.0940. The maximum atomic E-state index is 11.1. The molecule has 2 heteroatoms. The Kier molecular flexibility index (Phi) is 5.41. The number of carbonyl (C=O) groups excluding carboxylic acids is 1. The molecule has 0 unspecified atom stereocenters. The molecule has 13 heavy (non-hydrogen) atoms. The minimum absolute atomic E-state index is 0.0940. The van der Waals surface area contributed by atoms with Crippen LogP contribution in [0.3, 0.4) is 0 Å². The van der Waals surface area contributed by atoms with Gasteiger partial charge in [0.25, 0.3) is 0 Å². The minimum Gasteiger partial charge on any atom is -0.312 e. The van der Waals surface area contributed by atoms with Crippen LogP contribution in [0.4, 0.5) is 0 Å². The fraction of sp³-hybridized carbons (Fsp3) is 0.727. The predicted octanol–water partition coefficient (Wildman–Crippen LogP) is 1.75. The van der Waals surface area contributed by atoms with E-state index >= 15 is 0 Å². The SMILES string of the molecule is CC#CCC(=O)CCNC(C)(C)C. The highest BCUT2D eigenvalue weighted by atomic mass is 16.1. The van der Waals surface area contributed by atoms with Crippen molar-refractivity contribution >= 4 is 5.78 Å². The zero-order valence-corrected chi connectivity index (χ0v) is 9.03. The van der Waals surface area contributed by atoms with Gasteiger partial charge in [-0.15, -0.1) is 5.92 Å². The van der Waals surface area contributed by atoms with Crippen LogP contribution in [0.15, 0.2) is 0 Å². The average molecular weight is 181 g/mol. The van der Waals surface area contributed by atoms with Crippen LogP contribution in [0.25, 0.3) is 0 Å². The standard InChI is InChI=1S/C11H19NO/c1-5-6-7-10(13)8-9-12-11(2,3)4/h12H,7-9H2,1-4H3.